The van der Waals surface area contributed by atoms with E-state index in [4.69, 9.17) is 9.26 Å². The van der Waals surface area contributed by atoms with E-state index in [2.05, 4.69) is 46.1 Å². The normalized spacial score (nSPS) is 17.7. The van der Waals surface area contributed by atoms with E-state index in [1.807, 2.05) is 36.4 Å². The molecule has 39 heavy (non-hydrogen) atoms. The van der Waals surface area contributed by atoms with Gasteiger partial charge in [0.15, 0.2) is 5.82 Å². The highest BCUT2D eigenvalue weighted by molar-refractivity contribution is 5.88. The van der Waals surface area contributed by atoms with Gasteiger partial charge in [-0.15, -0.1) is 0 Å². The zero-order valence-electron chi connectivity index (χ0n) is 21.7. The summed E-state index contributed by atoms with van der Waals surface area (Å²) >= 11 is 0. The zero-order chi connectivity index (χ0) is 26.8. The highest BCUT2D eigenvalue weighted by Gasteiger charge is 2.43. The van der Waals surface area contributed by atoms with E-state index in [9.17, 15) is 9.59 Å². The third kappa shape index (κ3) is 5.23. The molecule has 1 saturated carbocycles. The van der Waals surface area contributed by atoms with Gasteiger partial charge >= 0.3 is 6.03 Å². The smallest absolute Gasteiger partial charge is 0.323 e. The number of carbonyl (C=O) groups excluding carboxylic acids is 2. The van der Waals surface area contributed by atoms with Crippen LogP contribution < -0.4 is 15.4 Å². The lowest BCUT2D eigenvalue weighted by Gasteiger charge is -2.32. The molecule has 0 saturated heterocycles. The summed E-state index contributed by atoms with van der Waals surface area (Å²) in [5, 5.41) is 9.75. The number of urea groups is 1. The van der Waals surface area contributed by atoms with E-state index < -0.39 is 0 Å². The van der Waals surface area contributed by atoms with Gasteiger partial charge in [-0.1, -0.05) is 59.8 Å². The van der Waals surface area contributed by atoms with Gasteiger partial charge in [0.2, 0.25) is 5.91 Å². The molecule has 6 rings (SSSR count). The number of nitrogens with one attached hydrogen (secondary N) is 2. The van der Waals surface area contributed by atoms with Crippen molar-refractivity contribution in [2.75, 3.05) is 19.0 Å². The van der Waals surface area contributed by atoms with Crippen LogP contribution in [0.2, 0.25) is 0 Å². The van der Waals surface area contributed by atoms with E-state index in [1.165, 1.54) is 17.4 Å². The number of aromatic nitrogens is 1. The van der Waals surface area contributed by atoms with Crippen LogP contribution in [0.25, 0.3) is 11.1 Å². The van der Waals surface area contributed by atoms with Crippen molar-refractivity contribution in [1.29, 1.82) is 0 Å². The van der Waals surface area contributed by atoms with E-state index in [-0.39, 0.29) is 23.8 Å². The molecule has 1 aliphatic heterocycles. The van der Waals surface area contributed by atoms with Crippen molar-refractivity contribution in [3.8, 4) is 16.9 Å². The van der Waals surface area contributed by atoms with Gasteiger partial charge in [0, 0.05) is 31.6 Å². The number of methoxy groups -OCH3 is 1. The van der Waals surface area contributed by atoms with Gasteiger partial charge in [-0.2, -0.15) is 0 Å². The number of benzene rings is 3. The fourth-order valence-corrected chi connectivity index (χ4v) is 5.47. The van der Waals surface area contributed by atoms with Crippen molar-refractivity contribution in [3.05, 3.63) is 101 Å². The Labute approximate surface area is 227 Å². The van der Waals surface area contributed by atoms with Crippen LogP contribution >= 0.6 is 0 Å². The Kier molecular flexibility index (Phi) is 6.75. The Bertz CT molecular complexity index is 1490. The molecule has 0 unspecified atom stereocenters. The second-order valence-electron chi connectivity index (χ2n) is 10.0. The van der Waals surface area contributed by atoms with E-state index in [1.54, 1.807) is 18.1 Å². The fraction of sp³-hybridized carbons (Fsp3) is 0.258. The van der Waals surface area contributed by atoms with Crippen molar-refractivity contribution in [1.82, 2.24) is 15.4 Å². The number of fused-ring (bicyclic) bond motifs is 1. The van der Waals surface area contributed by atoms with Gasteiger partial charge in [0.1, 0.15) is 12.0 Å². The predicted molar refractivity (Wildman–Crippen MR) is 147 cm³/mol. The lowest BCUT2D eigenvalue weighted by molar-refractivity contribution is -0.122. The maximum Gasteiger partial charge on any atom is 0.323 e. The average Bonchev–Trinajstić information content (AvgIpc) is 3.63. The molecule has 1 aromatic heterocycles. The molecule has 198 valence electrons. The molecule has 2 heterocycles. The third-order valence-corrected chi connectivity index (χ3v) is 7.66. The standard InChI is InChI=1S/C31H30N4O4/c1-38-23-9-5-8-21(16-23)24-11-10-22(18-32-30(36)27-17-26(27)20-6-3-2-4-7-20)28-19-35(14-12-25(24)28)31(37)33-29-13-15-39-34-29/h2-11,13,15-16,26-27H,12,14,17-19H2,1H3,(H,32,36)(H,33,34,37)/t26-,27+/m1/s1. The van der Waals surface area contributed by atoms with Gasteiger partial charge < -0.3 is 19.5 Å². The Morgan fingerprint density at radius 3 is 2.72 bits per heavy atom. The highest BCUT2D eigenvalue weighted by Crippen LogP contribution is 2.47. The van der Waals surface area contributed by atoms with Crippen LogP contribution in [0, 0.1) is 5.92 Å². The molecule has 4 aromatic rings. The first-order valence-electron chi connectivity index (χ1n) is 13.2. The van der Waals surface area contributed by atoms with Crippen LogP contribution in [0.15, 0.2) is 83.6 Å². The van der Waals surface area contributed by atoms with E-state index >= 15 is 0 Å². The largest absolute Gasteiger partial charge is 0.497 e. The molecule has 2 aliphatic rings. The van der Waals surface area contributed by atoms with Crippen molar-refractivity contribution in [2.24, 2.45) is 5.92 Å². The first kappa shape index (κ1) is 24.7. The molecule has 2 atom stereocenters. The number of carbonyl (C=O) groups is 2. The average molecular weight is 523 g/mol. The van der Waals surface area contributed by atoms with Crippen LogP contribution in [0.1, 0.15) is 34.6 Å². The maximum absolute atomic E-state index is 13.0. The summed E-state index contributed by atoms with van der Waals surface area (Å²) in [6.07, 6.45) is 2.98. The number of anilines is 1. The Balaban J connectivity index is 1.24. The molecule has 8 heteroatoms. The minimum atomic E-state index is -0.236. The molecule has 1 fully saturated rings. The van der Waals surface area contributed by atoms with Crippen LogP contribution in [0.5, 0.6) is 5.75 Å². The minimum absolute atomic E-state index is 0.00372. The van der Waals surface area contributed by atoms with Crippen LogP contribution in [-0.4, -0.2) is 35.6 Å². The molecule has 3 aromatic carbocycles. The molecule has 8 nitrogen and oxygen atoms in total. The summed E-state index contributed by atoms with van der Waals surface area (Å²) in [6, 6.07) is 23.8. The number of rotatable bonds is 7. The fourth-order valence-electron chi connectivity index (χ4n) is 5.47. The second kappa shape index (κ2) is 10.6. The molecule has 1 aliphatic carbocycles. The molecular formula is C31H30N4O4. The van der Waals surface area contributed by atoms with Crippen LogP contribution in [-0.2, 0) is 24.3 Å². The molecule has 0 spiro atoms. The lowest BCUT2D eigenvalue weighted by atomic mass is 9.87. The summed E-state index contributed by atoms with van der Waals surface area (Å²) in [5.41, 5.74) is 6.65. The van der Waals surface area contributed by atoms with Crippen LogP contribution in [0.3, 0.4) is 0 Å². The number of hydrogen-bond acceptors (Lipinski definition) is 5. The summed E-state index contributed by atoms with van der Waals surface area (Å²) in [6.45, 7) is 1.40. The number of hydrogen-bond donors (Lipinski definition) is 2. The third-order valence-electron chi connectivity index (χ3n) is 7.66. The van der Waals surface area contributed by atoms with E-state index in [0.29, 0.717) is 31.9 Å². The molecule has 3 amide bonds. The molecule has 0 bridgehead atoms. The predicted octanol–water partition coefficient (Wildman–Crippen LogP) is 5.36. The number of amides is 3. The summed E-state index contributed by atoms with van der Waals surface area (Å²) in [4.78, 5) is 27.8. The van der Waals surface area contributed by atoms with Crippen molar-refractivity contribution < 1.29 is 18.8 Å². The second-order valence-corrected chi connectivity index (χ2v) is 10.0. The van der Waals surface area contributed by atoms with Crippen LogP contribution in [0.4, 0.5) is 10.6 Å². The number of nitrogens with zero attached hydrogens (tertiary/aromatic N) is 2. The molecule has 0 radical (unpaired) electrons. The summed E-state index contributed by atoms with van der Waals surface area (Å²) < 4.78 is 10.3. The Morgan fingerprint density at radius 2 is 1.92 bits per heavy atom. The van der Waals surface area contributed by atoms with Crippen molar-refractivity contribution in [2.45, 2.75) is 31.8 Å². The molecular weight excluding hydrogens is 492 g/mol. The van der Waals surface area contributed by atoms with Gasteiger partial charge in [-0.05, 0) is 64.3 Å². The topological polar surface area (TPSA) is 96.7 Å². The Hall–Kier alpha value is -4.59. The first-order valence-corrected chi connectivity index (χ1v) is 13.2. The zero-order valence-corrected chi connectivity index (χ0v) is 21.7. The maximum atomic E-state index is 13.0. The van der Waals surface area contributed by atoms with Gasteiger partial charge in [-0.3, -0.25) is 10.1 Å². The first-order chi connectivity index (χ1) is 19.1. The monoisotopic (exact) mass is 522 g/mol. The quantitative estimate of drug-likeness (QED) is 0.341. The number of ether oxygens (including phenoxy) is 1. The SMILES string of the molecule is COc1cccc(-c2ccc(CNC(=O)[C@H]3C[C@@H]3c3ccccc3)c3c2CCN(C(=O)Nc2ccon2)C3)c1. The van der Waals surface area contributed by atoms with Gasteiger partial charge in [0.25, 0.3) is 0 Å². The van der Waals surface area contributed by atoms with Crippen molar-refractivity contribution in [3.63, 3.8) is 0 Å². The Morgan fingerprint density at radius 1 is 1.05 bits per heavy atom. The van der Waals surface area contributed by atoms with Crippen molar-refractivity contribution >= 4 is 17.8 Å². The summed E-state index contributed by atoms with van der Waals surface area (Å²) in [7, 11) is 1.66. The minimum Gasteiger partial charge on any atom is -0.497 e. The van der Waals surface area contributed by atoms with Gasteiger partial charge in [0.05, 0.1) is 7.11 Å². The molecule has 2 N–H and O–H groups in total. The van der Waals surface area contributed by atoms with Gasteiger partial charge in [-0.25, -0.2) is 4.79 Å². The van der Waals surface area contributed by atoms with E-state index in [0.717, 1.165) is 34.4 Å². The lowest BCUT2D eigenvalue weighted by Crippen LogP contribution is -2.40. The highest BCUT2D eigenvalue weighted by atomic mass is 16.5. The summed E-state index contributed by atoms with van der Waals surface area (Å²) in [5.74, 6) is 1.53.